The Morgan fingerprint density at radius 3 is 2.75 bits per heavy atom. The van der Waals surface area contributed by atoms with Crippen molar-refractivity contribution in [3.63, 3.8) is 0 Å². The van der Waals surface area contributed by atoms with Gasteiger partial charge in [0.05, 0.1) is 23.2 Å². The predicted molar refractivity (Wildman–Crippen MR) is 91.3 cm³/mol. The van der Waals surface area contributed by atoms with Gasteiger partial charge in [0, 0.05) is 17.0 Å². The SMILES string of the molecule is Cc1csc(NC(=O)c2cc(C3CC3)n(C3CCS(=O)(=O)C3)n2)n1. The van der Waals surface area contributed by atoms with Crippen LogP contribution in [0, 0.1) is 6.92 Å². The lowest BCUT2D eigenvalue weighted by Gasteiger charge is -2.12. The summed E-state index contributed by atoms with van der Waals surface area (Å²) < 4.78 is 25.3. The van der Waals surface area contributed by atoms with Gasteiger partial charge in [0.2, 0.25) is 0 Å². The van der Waals surface area contributed by atoms with Crippen LogP contribution in [-0.4, -0.2) is 40.6 Å². The Kier molecular flexibility index (Phi) is 3.72. The highest BCUT2D eigenvalue weighted by atomic mass is 32.2. The molecule has 1 amide bonds. The lowest BCUT2D eigenvalue weighted by atomic mass is 10.2. The van der Waals surface area contributed by atoms with E-state index in [0.717, 1.165) is 24.2 Å². The van der Waals surface area contributed by atoms with Crippen molar-refractivity contribution in [1.82, 2.24) is 14.8 Å². The van der Waals surface area contributed by atoms with Gasteiger partial charge < -0.3 is 0 Å². The van der Waals surface area contributed by atoms with Gasteiger partial charge in [-0.05, 0) is 32.3 Å². The van der Waals surface area contributed by atoms with Crippen molar-refractivity contribution < 1.29 is 13.2 Å². The first-order valence-corrected chi connectivity index (χ1v) is 10.6. The summed E-state index contributed by atoms with van der Waals surface area (Å²) in [5.41, 5.74) is 2.17. The van der Waals surface area contributed by atoms with Crippen LogP contribution in [0.4, 0.5) is 5.13 Å². The van der Waals surface area contributed by atoms with E-state index in [1.807, 2.05) is 12.3 Å². The standard InChI is InChI=1S/C15H18N4O3S2/c1-9-7-23-15(16-9)17-14(20)12-6-13(10-2-3-10)19(18-12)11-4-5-24(21,22)8-11/h6-7,10-11H,2-5,8H2,1H3,(H,16,17,20). The maximum atomic E-state index is 12.4. The second-order valence-corrected chi connectivity index (χ2v) is 9.57. The van der Waals surface area contributed by atoms with Gasteiger partial charge >= 0.3 is 0 Å². The van der Waals surface area contributed by atoms with Crippen LogP contribution < -0.4 is 5.32 Å². The molecule has 2 fully saturated rings. The fraction of sp³-hybridized carbons (Fsp3) is 0.533. The molecular weight excluding hydrogens is 348 g/mol. The predicted octanol–water partition coefficient (Wildman–Crippen LogP) is 2.14. The molecule has 2 aliphatic rings. The topological polar surface area (TPSA) is 94.0 Å². The largest absolute Gasteiger partial charge is 0.296 e. The summed E-state index contributed by atoms with van der Waals surface area (Å²) in [5.74, 6) is 0.401. The van der Waals surface area contributed by atoms with Crippen molar-refractivity contribution in [2.75, 3.05) is 16.8 Å². The van der Waals surface area contributed by atoms with Gasteiger partial charge in [-0.2, -0.15) is 5.10 Å². The van der Waals surface area contributed by atoms with E-state index in [9.17, 15) is 13.2 Å². The van der Waals surface area contributed by atoms with E-state index in [4.69, 9.17) is 0 Å². The molecule has 1 aliphatic carbocycles. The monoisotopic (exact) mass is 366 g/mol. The third-order valence-electron chi connectivity index (χ3n) is 4.39. The molecule has 2 aromatic heterocycles. The summed E-state index contributed by atoms with van der Waals surface area (Å²) in [6, 6.07) is 1.65. The molecule has 7 nitrogen and oxygen atoms in total. The minimum Gasteiger partial charge on any atom is -0.296 e. The van der Waals surface area contributed by atoms with E-state index in [0.29, 0.717) is 23.2 Å². The van der Waals surface area contributed by atoms with Crippen LogP contribution in [-0.2, 0) is 9.84 Å². The molecule has 128 valence electrons. The molecule has 0 aromatic carbocycles. The number of aryl methyl sites for hydroxylation is 1. The summed E-state index contributed by atoms with van der Waals surface area (Å²) in [5, 5.41) is 9.61. The van der Waals surface area contributed by atoms with Crippen molar-refractivity contribution in [1.29, 1.82) is 0 Å². The van der Waals surface area contributed by atoms with Gasteiger partial charge in [0.25, 0.3) is 5.91 Å². The quantitative estimate of drug-likeness (QED) is 0.895. The number of anilines is 1. The third kappa shape index (κ3) is 3.10. The molecule has 4 rings (SSSR count). The van der Waals surface area contributed by atoms with Crippen molar-refractivity contribution in [2.45, 2.75) is 38.1 Å². The van der Waals surface area contributed by atoms with Gasteiger partial charge in [-0.15, -0.1) is 11.3 Å². The first-order valence-electron chi connectivity index (χ1n) is 7.94. The molecule has 0 bridgehead atoms. The maximum Gasteiger partial charge on any atom is 0.277 e. The molecule has 1 saturated heterocycles. The smallest absolute Gasteiger partial charge is 0.277 e. The van der Waals surface area contributed by atoms with Crippen LogP contribution >= 0.6 is 11.3 Å². The molecule has 0 radical (unpaired) electrons. The number of hydrogen-bond acceptors (Lipinski definition) is 6. The van der Waals surface area contributed by atoms with Crippen molar-refractivity contribution >= 4 is 32.2 Å². The van der Waals surface area contributed by atoms with Gasteiger partial charge in [-0.3, -0.25) is 14.8 Å². The van der Waals surface area contributed by atoms with Crippen LogP contribution in [0.3, 0.4) is 0 Å². The highest BCUT2D eigenvalue weighted by Gasteiger charge is 2.36. The van der Waals surface area contributed by atoms with Crippen LogP contribution in [0.5, 0.6) is 0 Å². The third-order valence-corrected chi connectivity index (χ3v) is 7.01. The minimum atomic E-state index is -2.99. The molecule has 9 heteroatoms. The van der Waals surface area contributed by atoms with Crippen LogP contribution in [0.1, 0.15) is 53.1 Å². The molecule has 1 aliphatic heterocycles. The van der Waals surface area contributed by atoms with Crippen molar-refractivity contribution in [2.24, 2.45) is 0 Å². The van der Waals surface area contributed by atoms with Crippen LogP contribution in [0.25, 0.3) is 0 Å². The highest BCUT2D eigenvalue weighted by Crippen LogP contribution is 2.42. The first-order chi connectivity index (χ1) is 11.4. The Hall–Kier alpha value is -1.74. The second kappa shape index (κ2) is 5.66. The molecule has 3 heterocycles. The first kappa shape index (κ1) is 15.8. The molecule has 1 N–H and O–H groups in total. The Balaban J connectivity index is 1.60. The molecule has 1 atom stereocenters. The Morgan fingerprint density at radius 1 is 1.38 bits per heavy atom. The number of amides is 1. The summed E-state index contributed by atoms with van der Waals surface area (Å²) in [6.07, 6.45) is 2.70. The Morgan fingerprint density at radius 2 is 2.17 bits per heavy atom. The lowest BCUT2D eigenvalue weighted by Crippen LogP contribution is -2.17. The number of carbonyl (C=O) groups is 1. The molecule has 0 spiro atoms. The number of sulfone groups is 1. The second-order valence-electron chi connectivity index (χ2n) is 6.48. The lowest BCUT2D eigenvalue weighted by molar-refractivity contribution is 0.102. The number of carbonyl (C=O) groups excluding carboxylic acids is 1. The zero-order valence-corrected chi connectivity index (χ0v) is 14.9. The highest BCUT2D eigenvalue weighted by molar-refractivity contribution is 7.91. The van der Waals surface area contributed by atoms with Gasteiger partial charge in [0.1, 0.15) is 0 Å². The average molecular weight is 366 g/mol. The van der Waals surface area contributed by atoms with E-state index in [1.165, 1.54) is 11.3 Å². The maximum absolute atomic E-state index is 12.4. The number of hydrogen-bond donors (Lipinski definition) is 1. The number of nitrogens with zero attached hydrogens (tertiary/aromatic N) is 3. The van der Waals surface area contributed by atoms with Crippen molar-refractivity contribution in [3.05, 3.63) is 28.5 Å². The average Bonchev–Trinajstić information content (AvgIpc) is 2.96. The zero-order chi connectivity index (χ0) is 16.9. The molecule has 1 saturated carbocycles. The number of rotatable bonds is 4. The van der Waals surface area contributed by atoms with Gasteiger partial charge in [-0.1, -0.05) is 0 Å². The van der Waals surface area contributed by atoms with E-state index >= 15 is 0 Å². The molecule has 24 heavy (non-hydrogen) atoms. The zero-order valence-electron chi connectivity index (χ0n) is 13.2. The minimum absolute atomic E-state index is 0.112. The number of aromatic nitrogens is 3. The fourth-order valence-electron chi connectivity index (χ4n) is 3.04. The van der Waals surface area contributed by atoms with Crippen molar-refractivity contribution in [3.8, 4) is 0 Å². The summed E-state index contributed by atoms with van der Waals surface area (Å²) >= 11 is 1.37. The van der Waals surface area contributed by atoms with E-state index < -0.39 is 9.84 Å². The van der Waals surface area contributed by atoms with E-state index in [2.05, 4.69) is 15.4 Å². The van der Waals surface area contributed by atoms with Crippen LogP contribution in [0.2, 0.25) is 0 Å². The Labute approximate surface area is 144 Å². The van der Waals surface area contributed by atoms with Gasteiger partial charge in [0.15, 0.2) is 20.7 Å². The van der Waals surface area contributed by atoms with Gasteiger partial charge in [-0.25, -0.2) is 13.4 Å². The number of nitrogens with one attached hydrogen (secondary N) is 1. The molecular formula is C15H18N4O3S2. The Bertz CT molecular complexity index is 896. The molecule has 2 aromatic rings. The number of thiazole rings is 1. The summed E-state index contributed by atoms with van der Waals surface area (Å²) in [6.45, 7) is 1.87. The summed E-state index contributed by atoms with van der Waals surface area (Å²) in [4.78, 5) is 16.7. The van der Waals surface area contributed by atoms with E-state index in [-0.39, 0.29) is 23.5 Å². The molecule has 1 unspecified atom stereocenters. The fourth-order valence-corrected chi connectivity index (χ4v) is 5.41. The normalized spacial score (nSPS) is 22.6. The van der Waals surface area contributed by atoms with E-state index in [1.54, 1.807) is 10.7 Å². The summed E-state index contributed by atoms with van der Waals surface area (Å²) in [7, 11) is -2.99. The van der Waals surface area contributed by atoms with Crippen LogP contribution in [0.15, 0.2) is 11.4 Å².